The summed E-state index contributed by atoms with van der Waals surface area (Å²) in [5, 5.41) is 2.62. The van der Waals surface area contributed by atoms with Crippen molar-refractivity contribution in [3.05, 3.63) is 17.7 Å². The van der Waals surface area contributed by atoms with Crippen LogP contribution in [0.1, 0.15) is 51.1 Å². The number of unbranched alkanes of at least 4 members (excludes halogenated alkanes) is 3. The molecule has 1 aromatic rings. The molecule has 2 atom stereocenters. The number of hydrogen-bond acceptors (Lipinski definition) is 8. The first kappa shape index (κ1) is 22.4. The topological polar surface area (TPSA) is 133 Å². The lowest BCUT2D eigenvalue weighted by Crippen LogP contribution is -2.47. The molecule has 3 N–H and O–H groups in total. The maximum Gasteiger partial charge on any atom is 0.302 e. The lowest BCUT2D eigenvalue weighted by atomic mass is 10.00. The Morgan fingerprint density at radius 1 is 1.19 bits per heavy atom. The summed E-state index contributed by atoms with van der Waals surface area (Å²) in [5.41, 5.74) is 6.81. The molecule has 0 bridgehead atoms. The summed E-state index contributed by atoms with van der Waals surface area (Å²) in [6, 6.07) is 2.09. The number of nitrogens with one attached hydrogen (secondary N) is 1. The van der Waals surface area contributed by atoms with Gasteiger partial charge in [-0.15, -0.1) is 0 Å². The molecule has 168 valence electrons. The normalized spacial score (nSPS) is 19.1. The summed E-state index contributed by atoms with van der Waals surface area (Å²) in [5.74, 6) is -0.0952. The maximum absolute atomic E-state index is 12.2. The lowest BCUT2D eigenvalue weighted by molar-refractivity contribution is -0.141. The summed E-state index contributed by atoms with van der Waals surface area (Å²) < 4.78 is 16.5. The molecule has 0 aliphatic carbocycles. The average molecular weight is 432 g/mol. The first-order valence-electron chi connectivity index (χ1n) is 10.3. The second kappa shape index (κ2) is 9.67. The molecule has 2 unspecified atom stereocenters. The van der Waals surface area contributed by atoms with E-state index in [2.05, 4.69) is 10.3 Å². The number of primary amides is 1. The predicted molar refractivity (Wildman–Crippen MR) is 112 cm³/mol. The van der Waals surface area contributed by atoms with Crippen LogP contribution < -0.4 is 20.5 Å². The van der Waals surface area contributed by atoms with Crippen LogP contribution in [0.5, 0.6) is 11.5 Å². The van der Waals surface area contributed by atoms with Crippen LogP contribution in [-0.2, 0) is 19.1 Å². The number of carbonyl (C=O) groups excluding carboxylic acids is 3. The van der Waals surface area contributed by atoms with Crippen molar-refractivity contribution >= 4 is 29.4 Å². The Labute approximate surface area is 180 Å². The molecule has 10 nitrogen and oxygen atoms in total. The Morgan fingerprint density at radius 3 is 2.55 bits per heavy atom. The molecule has 1 aromatic carbocycles. The summed E-state index contributed by atoms with van der Waals surface area (Å²) in [4.78, 5) is 40.8. The van der Waals surface area contributed by atoms with Crippen molar-refractivity contribution in [1.82, 2.24) is 10.2 Å². The van der Waals surface area contributed by atoms with Crippen LogP contribution in [0.3, 0.4) is 0 Å². The van der Waals surface area contributed by atoms with Gasteiger partial charge in [-0.1, -0.05) is 0 Å². The number of amides is 2. The van der Waals surface area contributed by atoms with E-state index in [4.69, 9.17) is 19.9 Å². The van der Waals surface area contributed by atoms with Crippen molar-refractivity contribution in [2.75, 3.05) is 20.3 Å². The number of hydrogen-bond donors (Lipinski definition) is 2. The molecule has 0 radical (unpaired) electrons. The van der Waals surface area contributed by atoms with Gasteiger partial charge in [0.2, 0.25) is 11.9 Å². The number of aliphatic imine (C=N–C) groups is 1. The molecule has 31 heavy (non-hydrogen) atoms. The number of benzene rings is 1. The zero-order chi connectivity index (χ0) is 22.5. The van der Waals surface area contributed by atoms with Crippen molar-refractivity contribution in [2.24, 2.45) is 10.7 Å². The van der Waals surface area contributed by atoms with Gasteiger partial charge in [0, 0.05) is 12.5 Å². The zero-order valence-corrected chi connectivity index (χ0v) is 18.0. The van der Waals surface area contributed by atoms with Gasteiger partial charge >= 0.3 is 5.97 Å². The molecule has 10 heteroatoms. The first-order chi connectivity index (χ1) is 14.8. The van der Waals surface area contributed by atoms with Crippen molar-refractivity contribution < 1.29 is 28.6 Å². The summed E-state index contributed by atoms with van der Waals surface area (Å²) in [6.45, 7) is 4.20. The van der Waals surface area contributed by atoms with Crippen LogP contribution in [0.25, 0.3) is 0 Å². The van der Waals surface area contributed by atoms with Gasteiger partial charge in [0.15, 0.2) is 17.5 Å². The van der Waals surface area contributed by atoms with Crippen LogP contribution in [0.2, 0.25) is 0 Å². The highest BCUT2D eigenvalue weighted by atomic mass is 16.5. The molecular formula is C21H28N4O6. The van der Waals surface area contributed by atoms with Gasteiger partial charge in [-0.2, -0.15) is 0 Å². The van der Waals surface area contributed by atoms with E-state index >= 15 is 0 Å². The number of ether oxygens (including phenoxy) is 3. The van der Waals surface area contributed by atoms with Gasteiger partial charge < -0.3 is 24.8 Å². The van der Waals surface area contributed by atoms with Crippen molar-refractivity contribution in [3.63, 3.8) is 0 Å². The number of fused-ring (bicyclic) bond motifs is 2. The fourth-order valence-corrected chi connectivity index (χ4v) is 3.85. The number of nitrogens with zero attached hydrogens (tertiary/aromatic N) is 2. The minimum atomic E-state index is -1.12. The van der Waals surface area contributed by atoms with Crippen LogP contribution in [0.4, 0.5) is 5.69 Å². The average Bonchev–Trinajstić information content (AvgIpc) is 3.06. The Bertz CT molecular complexity index is 900. The predicted octanol–water partition coefficient (Wildman–Crippen LogP) is 1.55. The second-order valence-electron chi connectivity index (χ2n) is 7.45. The lowest BCUT2D eigenvalue weighted by Gasteiger charge is -2.34. The Hall–Kier alpha value is -3.30. The smallest absolute Gasteiger partial charge is 0.302 e. The highest BCUT2D eigenvalue weighted by Gasteiger charge is 2.46. The Balaban J connectivity index is 1.66. The van der Waals surface area contributed by atoms with Gasteiger partial charge in [-0.25, -0.2) is 4.99 Å². The first-order valence-corrected chi connectivity index (χ1v) is 10.3. The number of rotatable bonds is 10. The number of carbonyl (C=O) groups is 3. The number of nitrogens with two attached hydrogens (primary N) is 1. The van der Waals surface area contributed by atoms with E-state index in [0.29, 0.717) is 36.4 Å². The van der Waals surface area contributed by atoms with E-state index in [0.717, 1.165) is 31.2 Å². The highest BCUT2D eigenvalue weighted by molar-refractivity contribution is 6.17. The number of esters is 1. The minimum Gasteiger partial charge on any atom is -0.492 e. The third kappa shape index (κ3) is 4.73. The fourth-order valence-electron chi connectivity index (χ4n) is 3.85. The van der Waals surface area contributed by atoms with Crippen LogP contribution in [0.15, 0.2) is 17.1 Å². The van der Waals surface area contributed by atoms with E-state index in [-0.39, 0.29) is 12.0 Å². The molecule has 2 heterocycles. The minimum absolute atomic E-state index is 0.259. The molecule has 3 rings (SSSR count). The van der Waals surface area contributed by atoms with E-state index in [1.54, 1.807) is 24.1 Å². The quantitative estimate of drug-likeness (QED) is 0.326. The Kier molecular flexibility index (Phi) is 6.98. The standard InChI is InChI=1S/C21H28N4O6/c1-12-16-14(23-21-24-20(28)17(19(22)27)25(12)21)8-9-15(18(16)29-3)31-11-7-5-4-6-10-30-13(2)26/h8-9,12,17H,4-7,10-11H2,1-3H3,(H2,22,27)(H,23,24,28). The van der Waals surface area contributed by atoms with E-state index < -0.39 is 17.9 Å². The number of methoxy groups -OCH3 is 1. The Morgan fingerprint density at radius 2 is 1.90 bits per heavy atom. The van der Waals surface area contributed by atoms with Crippen molar-refractivity contribution in [2.45, 2.75) is 51.6 Å². The SMILES string of the molecule is COc1c(OCCCCCCOC(C)=O)ccc2c1C(C)N1C(=N2)NC(=O)C1C(N)=O. The molecule has 1 fully saturated rings. The third-order valence-electron chi connectivity index (χ3n) is 5.28. The molecule has 0 aromatic heterocycles. The van der Waals surface area contributed by atoms with Gasteiger partial charge in [0.05, 0.1) is 32.1 Å². The largest absolute Gasteiger partial charge is 0.492 e. The van der Waals surface area contributed by atoms with Gasteiger partial charge in [0.1, 0.15) is 0 Å². The van der Waals surface area contributed by atoms with Crippen molar-refractivity contribution in [1.29, 1.82) is 0 Å². The van der Waals surface area contributed by atoms with E-state index in [9.17, 15) is 14.4 Å². The second-order valence-corrected chi connectivity index (χ2v) is 7.45. The van der Waals surface area contributed by atoms with Gasteiger partial charge in [0.25, 0.3) is 5.91 Å². The fraction of sp³-hybridized carbons (Fsp3) is 0.524. The van der Waals surface area contributed by atoms with Gasteiger partial charge in [-0.05, 0) is 44.7 Å². The molecule has 2 aliphatic heterocycles. The summed E-state index contributed by atoms with van der Waals surface area (Å²) >= 11 is 0. The molecular weight excluding hydrogens is 404 g/mol. The maximum atomic E-state index is 12.2. The molecule has 2 aliphatic rings. The van der Waals surface area contributed by atoms with E-state index in [1.807, 2.05) is 6.92 Å². The molecule has 0 spiro atoms. The molecule has 2 amide bonds. The summed E-state index contributed by atoms with van der Waals surface area (Å²) in [6.07, 6.45) is 3.55. The monoisotopic (exact) mass is 432 g/mol. The molecule has 0 saturated carbocycles. The third-order valence-corrected chi connectivity index (χ3v) is 5.28. The zero-order valence-electron chi connectivity index (χ0n) is 18.0. The summed E-state index contributed by atoms with van der Waals surface area (Å²) in [7, 11) is 1.54. The number of guanidine groups is 1. The van der Waals surface area contributed by atoms with Crippen LogP contribution in [-0.4, -0.2) is 55.0 Å². The van der Waals surface area contributed by atoms with Crippen LogP contribution in [0, 0.1) is 0 Å². The molecule has 1 saturated heterocycles. The van der Waals surface area contributed by atoms with Crippen molar-refractivity contribution in [3.8, 4) is 11.5 Å². The van der Waals surface area contributed by atoms with E-state index in [1.165, 1.54) is 6.92 Å². The highest BCUT2D eigenvalue weighted by Crippen LogP contribution is 2.46. The van der Waals surface area contributed by atoms with Gasteiger partial charge in [-0.3, -0.25) is 19.7 Å². The van der Waals surface area contributed by atoms with Crippen LogP contribution >= 0.6 is 0 Å².